The Kier molecular flexibility index (Phi) is 3.68. The third kappa shape index (κ3) is 2.72. The number of nitrogens with zero attached hydrogens (tertiary/aromatic N) is 4. The number of benzene rings is 1. The maximum absolute atomic E-state index is 11.0. The van der Waals surface area contributed by atoms with Crippen LogP contribution < -0.4 is 15.2 Å². The number of fused-ring (bicyclic) bond motifs is 1. The Morgan fingerprint density at radius 2 is 2.05 bits per heavy atom. The summed E-state index contributed by atoms with van der Waals surface area (Å²) >= 11 is 0. The lowest BCUT2D eigenvalue weighted by Crippen LogP contribution is -1.99. The van der Waals surface area contributed by atoms with Gasteiger partial charge in [-0.25, -0.2) is 4.99 Å². The van der Waals surface area contributed by atoms with E-state index >= 15 is 0 Å². The van der Waals surface area contributed by atoms with Crippen molar-refractivity contribution in [3.05, 3.63) is 39.2 Å². The lowest BCUT2D eigenvalue weighted by molar-refractivity contribution is -0.385. The molecule has 0 aromatic heterocycles. The van der Waals surface area contributed by atoms with Crippen LogP contribution in [0.1, 0.15) is 5.56 Å². The predicted molar refractivity (Wildman–Crippen MR) is 69.3 cm³/mol. The van der Waals surface area contributed by atoms with E-state index in [1.165, 1.54) is 12.1 Å². The molecule has 2 rings (SSSR count). The van der Waals surface area contributed by atoms with Crippen LogP contribution in [0.3, 0.4) is 0 Å². The summed E-state index contributed by atoms with van der Waals surface area (Å²) in [5, 5.41) is 28.4. The summed E-state index contributed by atoms with van der Waals surface area (Å²) in [7, 11) is 0. The quantitative estimate of drug-likeness (QED) is 0.376. The van der Waals surface area contributed by atoms with Crippen molar-refractivity contribution in [2.45, 2.75) is 0 Å². The molecule has 1 aromatic carbocycles. The van der Waals surface area contributed by atoms with Crippen molar-refractivity contribution in [1.29, 1.82) is 10.5 Å². The standard InChI is InChI=1S/C12H7N5O4/c13-3-8(15)9(4-14)16-5-7-1-11-12(21-6-20-11)2-10(7)17(18)19/h1-2,5H,6,15H2/b9-8+,16-5?. The van der Waals surface area contributed by atoms with Gasteiger partial charge in [-0.15, -0.1) is 0 Å². The first-order valence-electron chi connectivity index (χ1n) is 5.49. The molecule has 0 saturated carbocycles. The fourth-order valence-corrected chi connectivity index (χ4v) is 1.55. The third-order valence-corrected chi connectivity index (χ3v) is 2.53. The Morgan fingerprint density at radius 1 is 1.38 bits per heavy atom. The van der Waals surface area contributed by atoms with Gasteiger partial charge >= 0.3 is 0 Å². The topological polar surface area (TPSA) is 148 Å². The number of nitrogens with two attached hydrogens (primary N) is 1. The Hall–Kier alpha value is -3.59. The number of allylic oxidation sites excluding steroid dienone is 2. The maximum atomic E-state index is 11.0. The van der Waals surface area contributed by atoms with Gasteiger partial charge in [-0.2, -0.15) is 10.5 Å². The summed E-state index contributed by atoms with van der Waals surface area (Å²) in [6, 6.07) is 5.77. The van der Waals surface area contributed by atoms with Gasteiger partial charge in [-0.3, -0.25) is 10.1 Å². The van der Waals surface area contributed by atoms with E-state index in [1.807, 2.05) is 0 Å². The number of nitriles is 2. The number of hydrogen-bond acceptors (Lipinski definition) is 8. The van der Waals surface area contributed by atoms with E-state index in [1.54, 1.807) is 12.1 Å². The normalized spacial score (nSPS) is 13.4. The number of nitro groups is 1. The second-order valence-electron chi connectivity index (χ2n) is 3.77. The highest BCUT2D eigenvalue weighted by atomic mass is 16.7. The van der Waals surface area contributed by atoms with Crippen LogP contribution in [0.15, 0.2) is 28.5 Å². The van der Waals surface area contributed by atoms with Crippen molar-refractivity contribution < 1.29 is 14.4 Å². The molecule has 0 radical (unpaired) electrons. The average molecular weight is 285 g/mol. The summed E-state index contributed by atoms with van der Waals surface area (Å²) < 4.78 is 10.2. The van der Waals surface area contributed by atoms with E-state index < -0.39 is 4.92 Å². The van der Waals surface area contributed by atoms with Crippen LogP contribution in [-0.4, -0.2) is 17.9 Å². The number of hydrogen-bond donors (Lipinski definition) is 1. The van der Waals surface area contributed by atoms with Gasteiger partial charge in [-0.05, 0) is 6.07 Å². The molecule has 2 N–H and O–H groups in total. The molecule has 0 bridgehead atoms. The van der Waals surface area contributed by atoms with E-state index in [0.717, 1.165) is 6.21 Å². The molecule has 1 aliphatic rings. The molecule has 0 saturated heterocycles. The van der Waals surface area contributed by atoms with Crippen molar-refractivity contribution in [1.82, 2.24) is 0 Å². The van der Waals surface area contributed by atoms with E-state index in [2.05, 4.69) is 4.99 Å². The highest BCUT2D eigenvalue weighted by Crippen LogP contribution is 2.37. The summed E-state index contributed by atoms with van der Waals surface area (Å²) in [5.74, 6) is 0.587. The Morgan fingerprint density at radius 3 is 2.62 bits per heavy atom. The first-order valence-corrected chi connectivity index (χ1v) is 5.49. The second kappa shape index (κ2) is 5.59. The molecule has 0 spiro atoms. The molecule has 1 aromatic rings. The van der Waals surface area contributed by atoms with Gasteiger partial charge < -0.3 is 15.2 Å². The van der Waals surface area contributed by atoms with Crippen LogP contribution in [0.4, 0.5) is 5.69 Å². The highest BCUT2D eigenvalue weighted by molar-refractivity contribution is 5.88. The van der Waals surface area contributed by atoms with Gasteiger partial charge in [0.05, 0.1) is 16.6 Å². The zero-order chi connectivity index (χ0) is 15.4. The average Bonchev–Trinajstić information content (AvgIpc) is 2.93. The summed E-state index contributed by atoms with van der Waals surface area (Å²) in [6.07, 6.45) is 1.07. The monoisotopic (exact) mass is 285 g/mol. The molecular weight excluding hydrogens is 278 g/mol. The lowest BCUT2D eigenvalue weighted by Gasteiger charge is -2.00. The fraction of sp³-hybridized carbons (Fsp3) is 0.0833. The molecule has 9 heteroatoms. The largest absolute Gasteiger partial charge is 0.454 e. The molecular formula is C12H7N5O4. The minimum Gasteiger partial charge on any atom is -0.454 e. The van der Waals surface area contributed by atoms with Crippen molar-refractivity contribution in [3.8, 4) is 23.6 Å². The van der Waals surface area contributed by atoms with E-state index in [-0.39, 0.29) is 35.2 Å². The first kappa shape index (κ1) is 13.8. The van der Waals surface area contributed by atoms with Gasteiger partial charge in [0.25, 0.3) is 5.69 Å². The molecule has 0 fully saturated rings. The Balaban J connectivity index is 2.48. The molecule has 0 atom stereocenters. The minimum absolute atomic E-state index is 0.0299. The first-order chi connectivity index (χ1) is 10.1. The van der Waals surface area contributed by atoms with Gasteiger partial charge in [0.15, 0.2) is 17.2 Å². The molecule has 9 nitrogen and oxygen atoms in total. The zero-order valence-corrected chi connectivity index (χ0v) is 10.4. The Bertz CT molecular complexity index is 754. The van der Waals surface area contributed by atoms with Crippen molar-refractivity contribution in [2.75, 3.05) is 6.79 Å². The molecule has 1 heterocycles. The highest BCUT2D eigenvalue weighted by Gasteiger charge is 2.22. The SMILES string of the molecule is N#C/C(N)=C(/C#N)N=Cc1cc2c(cc1[N+](=O)[O-])OCO2. The second-order valence-corrected chi connectivity index (χ2v) is 3.77. The number of rotatable bonds is 3. The number of ether oxygens (including phenoxy) is 2. The summed E-state index contributed by atoms with van der Waals surface area (Å²) in [4.78, 5) is 14.1. The van der Waals surface area contributed by atoms with Crippen molar-refractivity contribution in [2.24, 2.45) is 10.7 Å². The van der Waals surface area contributed by atoms with Crippen LogP contribution in [0.25, 0.3) is 0 Å². The van der Waals surface area contributed by atoms with E-state index in [4.69, 9.17) is 25.7 Å². The van der Waals surface area contributed by atoms with Gasteiger partial charge in [0.2, 0.25) is 6.79 Å². The molecule has 0 amide bonds. The molecule has 104 valence electrons. The fourth-order valence-electron chi connectivity index (χ4n) is 1.55. The van der Waals surface area contributed by atoms with Crippen LogP contribution in [0.2, 0.25) is 0 Å². The number of aliphatic imine (C=N–C) groups is 1. The third-order valence-electron chi connectivity index (χ3n) is 2.53. The van der Waals surface area contributed by atoms with Crippen LogP contribution in [-0.2, 0) is 0 Å². The van der Waals surface area contributed by atoms with Gasteiger partial charge in [0, 0.05) is 6.21 Å². The minimum atomic E-state index is -0.618. The van der Waals surface area contributed by atoms with Crippen LogP contribution in [0.5, 0.6) is 11.5 Å². The van der Waals surface area contributed by atoms with Crippen molar-refractivity contribution in [3.63, 3.8) is 0 Å². The predicted octanol–water partition coefficient (Wildman–Crippen LogP) is 0.960. The molecule has 0 aliphatic carbocycles. The van der Waals surface area contributed by atoms with Gasteiger partial charge in [0.1, 0.15) is 17.8 Å². The molecule has 21 heavy (non-hydrogen) atoms. The maximum Gasteiger partial charge on any atom is 0.282 e. The van der Waals surface area contributed by atoms with E-state index in [9.17, 15) is 10.1 Å². The summed E-state index contributed by atoms with van der Waals surface area (Å²) in [5.41, 5.74) is 4.41. The molecule has 1 aliphatic heterocycles. The lowest BCUT2D eigenvalue weighted by atomic mass is 10.1. The van der Waals surface area contributed by atoms with Crippen LogP contribution >= 0.6 is 0 Å². The molecule has 0 unspecified atom stereocenters. The zero-order valence-electron chi connectivity index (χ0n) is 10.4. The number of nitro benzene ring substituents is 1. The Labute approximate surface area is 118 Å². The van der Waals surface area contributed by atoms with Gasteiger partial charge in [-0.1, -0.05) is 0 Å². The van der Waals surface area contributed by atoms with E-state index in [0.29, 0.717) is 5.75 Å². The summed E-state index contributed by atoms with van der Waals surface area (Å²) in [6.45, 7) is -0.0299. The smallest absolute Gasteiger partial charge is 0.282 e. The van der Waals surface area contributed by atoms with Crippen LogP contribution in [0, 0.1) is 32.8 Å². The van der Waals surface area contributed by atoms with Crippen molar-refractivity contribution >= 4 is 11.9 Å².